The molecule has 0 amide bonds. The van der Waals surface area contributed by atoms with Crippen molar-refractivity contribution < 1.29 is 5.11 Å². The molecule has 0 aromatic rings. The van der Waals surface area contributed by atoms with E-state index in [-0.39, 0.29) is 12.1 Å². The van der Waals surface area contributed by atoms with E-state index in [1.165, 1.54) is 32.2 Å². The van der Waals surface area contributed by atoms with Crippen LogP contribution in [0, 0.1) is 0 Å². The average Bonchev–Trinajstić information content (AvgIpc) is 2.37. The summed E-state index contributed by atoms with van der Waals surface area (Å²) in [6.07, 6.45) is 7.27. The lowest BCUT2D eigenvalue weighted by Crippen LogP contribution is -2.49. The first kappa shape index (κ1) is 14.9. The molecule has 1 saturated heterocycles. The minimum absolute atomic E-state index is 0.0484. The zero-order valence-corrected chi connectivity index (χ0v) is 11.8. The van der Waals surface area contributed by atoms with Crippen molar-refractivity contribution in [3.63, 3.8) is 0 Å². The zero-order chi connectivity index (χ0) is 12.7. The summed E-state index contributed by atoms with van der Waals surface area (Å²) < 4.78 is 0. The minimum atomic E-state index is -0.0484. The van der Waals surface area contributed by atoms with Crippen LogP contribution in [-0.4, -0.2) is 48.3 Å². The Kier molecular flexibility index (Phi) is 6.45. The van der Waals surface area contributed by atoms with Crippen molar-refractivity contribution >= 4 is 0 Å². The monoisotopic (exact) mass is 242 g/mol. The van der Waals surface area contributed by atoms with E-state index in [1.807, 2.05) is 0 Å². The van der Waals surface area contributed by atoms with E-state index < -0.39 is 0 Å². The first-order valence-corrected chi connectivity index (χ1v) is 7.23. The predicted octanol–water partition coefficient (Wildman–Crippen LogP) is 2.00. The van der Waals surface area contributed by atoms with Gasteiger partial charge in [-0.1, -0.05) is 20.3 Å². The Hall–Kier alpha value is -0.120. The molecule has 2 N–H and O–H groups in total. The number of hydrogen-bond acceptors (Lipinski definition) is 3. The minimum Gasteiger partial charge on any atom is -0.394 e. The molecule has 0 spiro atoms. The molecule has 1 rings (SSSR count). The van der Waals surface area contributed by atoms with Gasteiger partial charge in [-0.15, -0.1) is 0 Å². The van der Waals surface area contributed by atoms with Crippen molar-refractivity contribution in [2.45, 2.75) is 64.0 Å². The van der Waals surface area contributed by atoms with Gasteiger partial charge in [0, 0.05) is 11.6 Å². The van der Waals surface area contributed by atoms with Crippen molar-refractivity contribution in [3.8, 4) is 0 Å². The lowest BCUT2D eigenvalue weighted by molar-refractivity contribution is 0.137. The van der Waals surface area contributed by atoms with Crippen LogP contribution in [0.4, 0.5) is 0 Å². The number of aliphatic hydroxyl groups is 1. The van der Waals surface area contributed by atoms with Crippen LogP contribution < -0.4 is 5.32 Å². The molecule has 17 heavy (non-hydrogen) atoms. The number of likely N-dealkylation sites (tertiary alicyclic amines) is 1. The van der Waals surface area contributed by atoms with E-state index in [0.29, 0.717) is 0 Å². The van der Waals surface area contributed by atoms with Crippen molar-refractivity contribution in [1.29, 1.82) is 0 Å². The van der Waals surface area contributed by atoms with Gasteiger partial charge in [0.25, 0.3) is 0 Å². The molecule has 0 aliphatic carbocycles. The zero-order valence-electron chi connectivity index (χ0n) is 11.8. The third-order valence-electron chi connectivity index (χ3n) is 4.56. The van der Waals surface area contributed by atoms with Gasteiger partial charge in [-0.2, -0.15) is 0 Å². The molecule has 3 nitrogen and oxygen atoms in total. The number of rotatable bonds is 7. The molecule has 1 aliphatic rings. The number of hydrogen-bond donors (Lipinski definition) is 2. The molecule has 3 heteroatoms. The Balaban J connectivity index is 2.30. The van der Waals surface area contributed by atoms with Gasteiger partial charge in [0.1, 0.15) is 0 Å². The molecular formula is C14H30N2O. The molecule has 102 valence electrons. The normalized spacial score (nSPS) is 22.9. The van der Waals surface area contributed by atoms with Gasteiger partial charge >= 0.3 is 0 Å². The largest absolute Gasteiger partial charge is 0.394 e. The SMILES string of the molecule is CCC(CC)(CO)NCCC1CCCCN1C. The summed E-state index contributed by atoms with van der Waals surface area (Å²) in [5.74, 6) is 0. The summed E-state index contributed by atoms with van der Waals surface area (Å²) >= 11 is 0. The third-order valence-corrected chi connectivity index (χ3v) is 4.56. The lowest BCUT2D eigenvalue weighted by Gasteiger charge is -2.35. The van der Waals surface area contributed by atoms with Crippen molar-refractivity contribution in [3.05, 3.63) is 0 Å². The van der Waals surface area contributed by atoms with Gasteiger partial charge < -0.3 is 15.3 Å². The van der Waals surface area contributed by atoms with Crippen LogP contribution in [0.5, 0.6) is 0 Å². The molecule has 0 aromatic heterocycles. The first-order valence-electron chi connectivity index (χ1n) is 7.23. The Morgan fingerprint density at radius 2 is 2.00 bits per heavy atom. The maximum absolute atomic E-state index is 9.49. The van der Waals surface area contributed by atoms with E-state index in [1.54, 1.807) is 0 Å². The summed E-state index contributed by atoms with van der Waals surface area (Å²) in [6, 6.07) is 0.737. The fourth-order valence-corrected chi connectivity index (χ4v) is 2.79. The molecule has 1 heterocycles. The van der Waals surface area contributed by atoms with Crippen LogP contribution in [0.25, 0.3) is 0 Å². The second-order valence-electron chi connectivity index (χ2n) is 5.49. The highest BCUT2D eigenvalue weighted by Crippen LogP contribution is 2.19. The van der Waals surface area contributed by atoms with Gasteiger partial charge in [-0.05, 0) is 52.2 Å². The summed E-state index contributed by atoms with van der Waals surface area (Å²) in [5, 5.41) is 13.1. The lowest BCUT2D eigenvalue weighted by atomic mass is 9.93. The van der Waals surface area contributed by atoms with Crippen LogP contribution in [0.3, 0.4) is 0 Å². The molecule has 1 aliphatic heterocycles. The maximum Gasteiger partial charge on any atom is 0.0613 e. The second kappa shape index (κ2) is 7.34. The molecule has 0 radical (unpaired) electrons. The number of piperidine rings is 1. The standard InChI is InChI=1S/C14H30N2O/c1-4-14(5-2,12-17)15-10-9-13-8-6-7-11-16(13)3/h13,15,17H,4-12H2,1-3H3. The summed E-state index contributed by atoms with van der Waals surface area (Å²) in [7, 11) is 2.24. The molecule has 1 fully saturated rings. The van der Waals surface area contributed by atoms with Crippen molar-refractivity contribution in [1.82, 2.24) is 10.2 Å². The van der Waals surface area contributed by atoms with Crippen molar-refractivity contribution in [2.24, 2.45) is 0 Å². The Morgan fingerprint density at radius 3 is 2.53 bits per heavy atom. The molecule has 0 aromatic carbocycles. The fourth-order valence-electron chi connectivity index (χ4n) is 2.79. The molecule has 1 unspecified atom stereocenters. The summed E-state index contributed by atoms with van der Waals surface area (Å²) in [4.78, 5) is 2.49. The molecule has 0 bridgehead atoms. The maximum atomic E-state index is 9.49. The van der Waals surface area contributed by atoms with Crippen LogP contribution >= 0.6 is 0 Å². The average molecular weight is 242 g/mol. The summed E-state index contributed by atoms with van der Waals surface area (Å²) in [6.45, 7) is 6.83. The van der Waals surface area contributed by atoms with E-state index in [0.717, 1.165) is 25.4 Å². The van der Waals surface area contributed by atoms with E-state index in [2.05, 4.69) is 31.1 Å². The van der Waals surface area contributed by atoms with Crippen LogP contribution in [0.15, 0.2) is 0 Å². The van der Waals surface area contributed by atoms with E-state index in [9.17, 15) is 5.11 Å². The second-order valence-corrected chi connectivity index (χ2v) is 5.49. The highest BCUT2D eigenvalue weighted by atomic mass is 16.3. The third kappa shape index (κ3) is 4.23. The number of aliphatic hydroxyl groups excluding tert-OH is 1. The predicted molar refractivity (Wildman–Crippen MR) is 73.3 cm³/mol. The Labute approximate surface area is 107 Å². The highest BCUT2D eigenvalue weighted by Gasteiger charge is 2.25. The van der Waals surface area contributed by atoms with Crippen LogP contribution in [0.2, 0.25) is 0 Å². The Morgan fingerprint density at radius 1 is 1.29 bits per heavy atom. The van der Waals surface area contributed by atoms with Crippen LogP contribution in [-0.2, 0) is 0 Å². The number of nitrogens with one attached hydrogen (secondary N) is 1. The van der Waals surface area contributed by atoms with Gasteiger partial charge in [0.05, 0.1) is 6.61 Å². The van der Waals surface area contributed by atoms with Gasteiger partial charge in [0.15, 0.2) is 0 Å². The fraction of sp³-hybridized carbons (Fsp3) is 1.00. The quantitative estimate of drug-likeness (QED) is 0.717. The highest BCUT2D eigenvalue weighted by molar-refractivity contribution is 4.85. The molecule has 1 atom stereocenters. The van der Waals surface area contributed by atoms with E-state index >= 15 is 0 Å². The topological polar surface area (TPSA) is 35.5 Å². The molecular weight excluding hydrogens is 212 g/mol. The van der Waals surface area contributed by atoms with Gasteiger partial charge in [-0.3, -0.25) is 0 Å². The van der Waals surface area contributed by atoms with Gasteiger partial charge in [0.2, 0.25) is 0 Å². The van der Waals surface area contributed by atoms with Crippen molar-refractivity contribution in [2.75, 3.05) is 26.7 Å². The Bertz CT molecular complexity index is 196. The van der Waals surface area contributed by atoms with E-state index in [4.69, 9.17) is 0 Å². The van der Waals surface area contributed by atoms with Gasteiger partial charge in [-0.25, -0.2) is 0 Å². The number of nitrogens with zero attached hydrogens (tertiary/aromatic N) is 1. The molecule has 0 saturated carbocycles. The first-order chi connectivity index (χ1) is 8.17. The smallest absolute Gasteiger partial charge is 0.0613 e. The van der Waals surface area contributed by atoms with Crippen LogP contribution in [0.1, 0.15) is 52.4 Å². The summed E-state index contributed by atoms with van der Waals surface area (Å²) in [5.41, 5.74) is -0.0484.